The van der Waals surface area contributed by atoms with Gasteiger partial charge in [0, 0.05) is 17.8 Å². The maximum Gasteiger partial charge on any atom is 0.408 e. The average molecular weight is 572 g/mol. The predicted octanol–water partition coefficient (Wildman–Crippen LogP) is 6.27. The van der Waals surface area contributed by atoms with E-state index in [2.05, 4.69) is 10.6 Å². The fourth-order valence-corrected chi connectivity index (χ4v) is 4.87. The summed E-state index contributed by atoms with van der Waals surface area (Å²) in [5.41, 5.74) is 2.62. The molecule has 2 atom stereocenters. The van der Waals surface area contributed by atoms with Crippen molar-refractivity contribution >= 4 is 35.4 Å². The molecule has 0 bridgehead atoms. The van der Waals surface area contributed by atoms with Gasteiger partial charge in [0.15, 0.2) is 0 Å². The highest BCUT2D eigenvalue weighted by molar-refractivity contribution is 7.98. The van der Waals surface area contributed by atoms with Crippen LogP contribution in [0.5, 0.6) is 5.75 Å². The molecule has 3 N–H and O–H groups in total. The predicted molar refractivity (Wildman–Crippen MR) is 163 cm³/mol. The fraction of sp³-hybridized carbons (Fsp3) is 0.516. The Morgan fingerprint density at radius 1 is 1.02 bits per heavy atom. The van der Waals surface area contributed by atoms with Gasteiger partial charge >= 0.3 is 6.09 Å². The monoisotopic (exact) mass is 571 g/mol. The third kappa shape index (κ3) is 9.18. The number of carbonyl (C=O) groups excluding carboxylic acids is 3. The van der Waals surface area contributed by atoms with E-state index < -0.39 is 35.6 Å². The summed E-state index contributed by atoms with van der Waals surface area (Å²) in [7, 11) is 0. The molecular weight excluding hydrogens is 526 g/mol. The van der Waals surface area contributed by atoms with Crippen LogP contribution in [0.25, 0.3) is 0 Å². The number of phenolic OH excluding ortho intramolecular Hbond substituents is 1. The Hall–Kier alpha value is -3.20. The van der Waals surface area contributed by atoms with Crippen molar-refractivity contribution in [2.24, 2.45) is 0 Å². The molecule has 0 aliphatic carbocycles. The van der Waals surface area contributed by atoms with Crippen LogP contribution in [0, 0.1) is 20.8 Å². The molecule has 0 aliphatic heterocycles. The number of rotatable bonds is 12. The minimum atomic E-state index is -1.13. The number of hydrogen-bond acceptors (Lipinski definition) is 6. The highest BCUT2D eigenvalue weighted by Crippen LogP contribution is 2.34. The zero-order chi connectivity index (χ0) is 30.0. The third-order valence-corrected chi connectivity index (χ3v) is 7.13. The van der Waals surface area contributed by atoms with Crippen molar-refractivity contribution in [1.82, 2.24) is 10.2 Å². The normalized spacial score (nSPS) is 12.8. The van der Waals surface area contributed by atoms with Crippen molar-refractivity contribution in [2.75, 3.05) is 23.9 Å². The number of nitrogens with zero attached hydrogens (tertiary/aromatic N) is 1. The molecule has 3 amide bonds. The second kappa shape index (κ2) is 15.0. The molecule has 0 aromatic heterocycles. The molecule has 40 heavy (non-hydrogen) atoms. The Kier molecular flexibility index (Phi) is 12.4. The first-order valence-corrected chi connectivity index (χ1v) is 15.1. The summed E-state index contributed by atoms with van der Waals surface area (Å²) in [6.45, 7) is 13.1. The van der Waals surface area contributed by atoms with Crippen molar-refractivity contribution in [2.45, 2.75) is 85.4 Å². The SMILES string of the molecule is CCCCN(C(=O)C(CCSC)NC(=O)OC(C)(C)C)C(C(=O)Nc1c(C)cccc1C)c1cccc(C)c1O. The van der Waals surface area contributed by atoms with E-state index in [0.29, 0.717) is 35.4 Å². The number of alkyl carbamates (subject to hydrolysis) is 1. The van der Waals surface area contributed by atoms with Crippen molar-refractivity contribution in [3.8, 4) is 5.75 Å². The highest BCUT2D eigenvalue weighted by Gasteiger charge is 2.37. The molecule has 2 aromatic carbocycles. The Morgan fingerprint density at radius 2 is 1.62 bits per heavy atom. The molecule has 0 heterocycles. The minimum Gasteiger partial charge on any atom is -0.507 e. The smallest absolute Gasteiger partial charge is 0.408 e. The first-order chi connectivity index (χ1) is 18.8. The molecule has 0 saturated heterocycles. The standard InChI is InChI=1S/C31H45N3O5S/c1-9-10-18-34(29(37)24(17-19-40-8)32-30(38)39-31(5,6)7)26(23-16-12-15-22(4)27(23)35)28(36)33-25-20(2)13-11-14-21(25)3/h11-16,24,26,35H,9-10,17-19H2,1-8H3,(H,32,38)(H,33,36). The van der Waals surface area contributed by atoms with Crippen LogP contribution in [0.3, 0.4) is 0 Å². The number of anilines is 1. The first kappa shape index (κ1) is 33.0. The second-order valence-corrected chi connectivity index (χ2v) is 12.0. The summed E-state index contributed by atoms with van der Waals surface area (Å²) < 4.78 is 5.45. The average Bonchev–Trinajstić information content (AvgIpc) is 2.87. The van der Waals surface area contributed by atoms with Gasteiger partial charge in [-0.05, 0) is 83.1 Å². The largest absolute Gasteiger partial charge is 0.507 e. The number of ether oxygens (including phenoxy) is 1. The molecule has 0 saturated carbocycles. The lowest BCUT2D eigenvalue weighted by atomic mass is 9.98. The maximum atomic E-state index is 14.2. The lowest BCUT2D eigenvalue weighted by Crippen LogP contribution is -2.53. The van der Waals surface area contributed by atoms with Crippen LogP contribution >= 0.6 is 11.8 Å². The first-order valence-electron chi connectivity index (χ1n) is 13.7. The number of unbranched alkanes of at least 4 members (excludes halogenated alkanes) is 1. The van der Waals surface area contributed by atoms with Gasteiger partial charge in [-0.1, -0.05) is 49.7 Å². The van der Waals surface area contributed by atoms with Crippen LogP contribution in [0.4, 0.5) is 10.5 Å². The Labute approximate surface area is 243 Å². The van der Waals surface area contributed by atoms with Crippen LogP contribution in [0.2, 0.25) is 0 Å². The zero-order valence-electron chi connectivity index (χ0n) is 25.1. The van der Waals surface area contributed by atoms with Crippen molar-refractivity contribution < 1.29 is 24.2 Å². The van der Waals surface area contributed by atoms with Crippen molar-refractivity contribution in [3.63, 3.8) is 0 Å². The van der Waals surface area contributed by atoms with E-state index in [-0.39, 0.29) is 12.3 Å². The molecule has 0 spiro atoms. The molecule has 220 valence electrons. The minimum absolute atomic E-state index is 0.0424. The van der Waals surface area contributed by atoms with E-state index in [0.717, 1.165) is 17.5 Å². The molecule has 0 fully saturated rings. The number of hydrogen-bond donors (Lipinski definition) is 3. The van der Waals surface area contributed by atoms with Gasteiger partial charge in [-0.3, -0.25) is 9.59 Å². The number of phenols is 1. The van der Waals surface area contributed by atoms with E-state index in [9.17, 15) is 19.5 Å². The molecule has 9 heteroatoms. The number of benzene rings is 2. The van der Waals surface area contributed by atoms with Gasteiger partial charge in [0.25, 0.3) is 5.91 Å². The third-order valence-electron chi connectivity index (χ3n) is 6.49. The van der Waals surface area contributed by atoms with E-state index in [4.69, 9.17) is 4.74 Å². The van der Waals surface area contributed by atoms with E-state index in [1.807, 2.05) is 45.2 Å². The number of nitrogens with one attached hydrogen (secondary N) is 2. The summed E-state index contributed by atoms with van der Waals surface area (Å²) >= 11 is 1.56. The molecule has 2 rings (SSSR count). The lowest BCUT2D eigenvalue weighted by Gasteiger charge is -2.35. The summed E-state index contributed by atoms with van der Waals surface area (Å²) in [4.78, 5) is 42.6. The Bertz CT molecular complexity index is 1160. The summed E-state index contributed by atoms with van der Waals surface area (Å²) in [6, 6.07) is 8.87. The highest BCUT2D eigenvalue weighted by atomic mass is 32.2. The topological polar surface area (TPSA) is 108 Å². The van der Waals surface area contributed by atoms with Crippen LogP contribution in [-0.4, -0.2) is 58.1 Å². The van der Waals surface area contributed by atoms with Crippen LogP contribution in [0.1, 0.15) is 75.3 Å². The van der Waals surface area contributed by atoms with Gasteiger partial charge < -0.3 is 25.4 Å². The summed E-state index contributed by atoms with van der Waals surface area (Å²) in [5, 5.41) is 16.9. The van der Waals surface area contributed by atoms with Crippen LogP contribution in [-0.2, 0) is 14.3 Å². The number of para-hydroxylation sites is 2. The molecular formula is C31H45N3O5S. The zero-order valence-corrected chi connectivity index (χ0v) is 25.9. The van der Waals surface area contributed by atoms with Gasteiger partial charge in [0.2, 0.25) is 5.91 Å². The number of amides is 3. The number of carbonyl (C=O) groups is 3. The van der Waals surface area contributed by atoms with E-state index in [1.165, 1.54) is 4.90 Å². The summed E-state index contributed by atoms with van der Waals surface area (Å²) in [5.74, 6) is -0.276. The molecule has 2 unspecified atom stereocenters. The van der Waals surface area contributed by atoms with Gasteiger partial charge in [-0.25, -0.2) is 4.79 Å². The number of aromatic hydroxyl groups is 1. The summed E-state index contributed by atoms with van der Waals surface area (Å²) in [6.07, 6.45) is 3.00. The molecule has 2 aromatic rings. The maximum absolute atomic E-state index is 14.2. The van der Waals surface area contributed by atoms with Gasteiger partial charge in [0.1, 0.15) is 23.4 Å². The van der Waals surface area contributed by atoms with Gasteiger partial charge in [-0.15, -0.1) is 0 Å². The lowest BCUT2D eigenvalue weighted by molar-refractivity contribution is -0.141. The Balaban J connectivity index is 2.61. The molecule has 8 nitrogen and oxygen atoms in total. The van der Waals surface area contributed by atoms with E-state index in [1.54, 1.807) is 57.7 Å². The van der Waals surface area contributed by atoms with Crippen molar-refractivity contribution in [3.05, 3.63) is 58.7 Å². The number of aryl methyl sites for hydroxylation is 3. The number of thioether (sulfide) groups is 1. The Morgan fingerprint density at radius 3 is 2.20 bits per heavy atom. The van der Waals surface area contributed by atoms with Crippen molar-refractivity contribution in [1.29, 1.82) is 0 Å². The molecule has 0 aliphatic rings. The van der Waals surface area contributed by atoms with Gasteiger partial charge in [0.05, 0.1) is 0 Å². The van der Waals surface area contributed by atoms with Gasteiger partial charge in [-0.2, -0.15) is 11.8 Å². The van der Waals surface area contributed by atoms with E-state index >= 15 is 0 Å². The quantitative estimate of drug-likeness (QED) is 0.277. The second-order valence-electron chi connectivity index (χ2n) is 11.0. The van der Waals surface area contributed by atoms with Crippen LogP contribution < -0.4 is 10.6 Å². The molecule has 0 radical (unpaired) electrons. The van der Waals surface area contributed by atoms with Crippen LogP contribution in [0.15, 0.2) is 36.4 Å². The fourth-order valence-electron chi connectivity index (χ4n) is 4.39.